The number of thioether (sulfide) groups is 1. The Morgan fingerprint density at radius 3 is 2.28 bits per heavy atom. The lowest BCUT2D eigenvalue weighted by Gasteiger charge is -2.32. The van der Waals surface area contributed by atoms with Gasteiger partial charge in [-0.3, -0.25) is 9.59 Å². The number of aryl methyl sites for hydroxylation is 1. The quantitative estimate of drug-likeness (QED) is 0.266. The summed E-state index contributed by atoms with van der Waals surface area (Å²) in [6.07, 6.45) is 1.21. The van der Waals surface area contributed by atoms with E-state index < -0.39 is 6.04 Å². The van der Waals surface area contributed by atoms with Crippen molar-refractivity contribution in [1.29, 1.82) is 0 Å². The third kappa shape index (κ3) is 8.29. The minimum absolute atomic E-state index is 0.000338. The largest absolute Gasteiger partial charge is 0.352 e. The zero-order valence-electron chi connectivity index (χ0n) is 20.8. The van der Waals surface area contributed by atoms with Crippen LogP contribution < -0.4 is 5.32 Å². The van der Waals surface area contributed by atoms with Gasteiger partial charge in [0, 0.05) is 23.9 Å². The van der Waals surface area contributed by atoms with E-state index in [0.717, 1.165) is 28.0 Å². The van der Waals surface area contributed by atoms with Crippen molar-refractivity contribution < 1.29 is 9.59 Å². The van der Waals surface area contributed by atoms with Crippen LogP contribution in [0.3, 0.4) is 0 Å². The number of hydrogen-bond acceptors (Lipinski definition) is 3. The van der Waals surface area contributed by atoms with Crippen molar-refractivity contribution in [3.05, 3.63) is 99.5 Å². The van der Waals surface area contributed by atoms with Gasteiger partial charge >= 0.3 is 0 Å². The molecule has 4 nitrogen and oxygen atoms in total. The van der Waals surface area contributed by atoms with E-state index in [1.54, 1.807) is 17.0 Å². The van der Waals surface area contributed by atoms with Crippen molar-refractivity contribution in [3.63, 3.8) is 0 Å². The third-order valence-corrected chi connectivity index (χ3v) is 7.73. The van der Waals surface area contributed by atoms with E-state index in [0.29, 0.717) is 16.5 Å². The van der Waals surface area contributed by atoms with Gasteiger partial charge in [0.25, 0.3) is 0 Å². The SMILES string of the molecule is CC[C@@H](C)NC(=O)[C@@H](Cc1ccccc1)N(Cc1ccc(Cl)c(Cl)c1)C(=O)CSc1ccc(C)cc1. The lowest BCUT2D eigenvalue weighted by molar-refractivity contribution is -0.139. The number of amides is 2. The summed E-state index contributed by atoms with van der Waals surface area (Å²) < 4.78 is 0. The van der Waals surface area contributed by atoms with Crippen LogP contribution in [0.15, 0.2) is 77.7 Å². The van der Waals surface area contributed by atoms with Gasteiger partial charge in [0.05, 0.1) is 15.8 Å². The summed E-state index contributed by atoms with van der Waals surface area (Å²) in [5.41, 5.74) is 2.96. The van der Waals surface area contributed by atoms with Crippen LogP contribution in [0.4, 0.5) is 0 Å². The molecule has 3 rings (SSSR count). The van der Waals surface area contributed by atoms with Gasteiger partial charge in [0.1, 0.15) is 6.04 Å². The zero-order valence-corrected chi connectivity index (χ0v) is 23.2. The zero-order chi connectivity index (χ0) is 26.1. The predicted octanol–water partition coefficient (Wildman–Crippen LogP) is 6.95. The normalized spacial score (nSPS) is 12.6. The van der Waals surface area contributed by atoms with E-state index in [1.165, 1.54) is 11.8 Å². The van der Waals surface area contributed by atoms with Gasteiger partial charge in [-0.2, -0.15) is 0 Å². The molecule has 190 valence electrons. The van der Waals surface area contributed by atoms with Crippen LogP contribution in [-0.4, -0.2) is 34.6 Å². The van der Waals surface area contributed by atoms with Gasteiger partial charge in [-0.1, -0.05) is 84.2 Å². The Morgan fingerprint density at radius 1 is 0.944 bits per heavy atom. The molecular formula is C29H32Cl2N2O2S. The second kappa shape index (κ2) is 13.7. The Morgan fingerprint density at radius 2 is 1.64 bits per heavy atom. The summed E-state index contributed by atoms with van der Waals surface area (Å²) in [6.45, 7) is 6.27. The first-order valence-electron chi connectivity index (χ1n) is 12.0. The molecule has 36 heavy (non-hydrogen) atoms. The van der Waals surface area contributed by atoms with E-state index in [9.17, 15) is 9.59 Å². The summed E-state index contributed by atoms with van der Waals surface area (Å²) >= 11 is 13.9. The lowest BCUT2D eigenvalue weighted by Crippen LogP contribution is -2.52. The number of carbonyl (C=O) groups excluding carboxylic acids is 2. The predicted molar refractivity (Wildman–Crippen MR) is 151 cm³/mol. The maximum Gasteiger partial charge on any atom is 0.243 e. The molecule has 0 aliphatic carbocycles. The van der Waals surface area contributed by atoms with Crippen LogP contribution in [0.1, 0.15) is 37.0 Å². The third-order valence-electron chi connectivity index (χ3n) is 5.99. The number of rotatable bonds is 11. The average Bonchev–Trinajstić information content (AvgIpc) is 2.88. The molecule has 0 radical (unpaired) electrons. The second-order valence-electron chi connectivity index (χ2n) is 8.90. The van der Waals surface area contributed by atoms with Crippen molar-refractivity contribution in [2.75, 3.05) is 5.75 Å². The number of nitrogens with zero attached hydrogens (tertiary/aromatic N) is 1. The van der Waals surface area contributed by atoms with Crippen LogP contribution in [0.25, 0.3) is 0 Å². The molecule has 0 aliphatic heterocycles. The van der Waals surface area contributed by atoms with E-state index >= 15 is 0 Å². The summed E-state index contributed by atoms with van der Waals surface area (Å²) in [6, 6.07) is 22.5. The molecule has 2 amide bonds. The minimum Gasteiger partial charge on any atom is -0.352 e. The molecule has 1 N–H and O–H groups in total. The summed E-state index contributed by atoms with van der Waals surface area (Å²) in [5, 5.41) is 3.95. The molecule has 0 fully saturated rings. The fourth-order valence-electron chi connectivity index (χ4n) is 3.69. The molecule has 3 aromatic carbocycles. The maximum absolute atomic E-state index is 13.7. The second-order valence-corrected chi connectivity index (χ2v) is 10.8. The molecule has 3 aromatic rings. The molecule has 0 heterocycles. The first kappa shape index (κ1) is 28.1. The van der Waals surface area contributed by atoms with Crippen LogP contribution in [-0.2, 0) is 22.6 Å². The number of nitrogens with one attached hydrogen (secondary N) is 1. The van der Waals surface area contributed by atoms with Crippen LogP contribution in [0.5, 0.6) is 0 Å². The molecule has 7 heteroatoms. The van der Waals surface area contributed by atoms with E-state index in [2.05, 4.69) is 5.32 Å². The van der Waals surface area contributed by atoms with E-state index in [4.69, 9.17) is 23.2 Å². The van der Waals surface area contributed by atoms with Gasteiger partial charge in [0.2, 0.25) is 11.8 Å². The highest BCUT2D eigenvalue weighted by Crippen LogP contribution is 2.25. The first-order chi connectivity index (χ1) is 17.3. The Bertz CT molecular complexity index is 1160. The highest BCUT2D eigenvalue weighted by atomic mass is 35.5. The Hall–Kier alpha value is -2.47. The standard InChI is InChI=1S/C29H32Cl2N2O2S/c1-4-21(3)32-29(35)27(17-22-8-6-5-7-9-22)33(18-23-12-15-25(30)26(31)16-23)28(34)19-36-24-13-10-20(2)11-14-24/h5-16,21,27H,4,17-19H2,1-3H3,(H,32,35)/t21-,27-/m1/s1. The van der Waals surface area contributed by atoms with Crippen LogP contribution in [0, 0.1) is 6.92 Å². The first-order valence-corrected chi connectivity index (χ1v) is 13.8. The molecule has 0 unspecified atom stereocenters. The number of benzene rings is 3. The van der Waals surface area contributed by atoms with Gasteiger partial charge < -0.3 is 10.2 Å². The smallest absolute Gasteiger partial charge is 0.243 e. The molecule has 0 saturated carbocycles. The fourth-order valence-corrected chi connectivity index (χ4v) is 4.80. The summed E-state index contributed by atoms with van der Waals surface area (Å²) in [5.74, 6) is -0.0689. The molecule has 0 aliphatic rings. The summed E-state index contributed by atoms with van der Waals surface area (Å²) in [4.78, 5) is 29.9. The molecule has 0 spiro atoms. The van der Waals surface area contributed by atoms with Crippen molar-refractivity contribution in [1.82, 2.24) is 10.2 Å². The Kier molecular flexibility index (Phi) is 10.7. The maximum atomic E-state index is 13.7. The van der Waals surface area contributed by atoms with Gasteiger partial charge in [-0.05, 0) is 55.7 Å². The van der Waals surface area contributed by atoms with E-state index in [-0.39, 0.29) is 30.2 Å². The van der Waals surface area contributed by atoms with Crippen molar-refractivity contribution in [2.45, 2.75) is 57.1 Å². The number of halogens is 2. The number of hydrogen-bond donors (Lipinski definition) is 1. The van der Waals surface area contributed by atoms with Crippen molar-refractivity contribution >= 4 is 46.8 Å². The van der Waals surface area contributed by atoms with Gasteiger partial charge in [-0.25, -0.2) is 0 Å². The molecule has 2 atom stereocenters. The van der Waals surface area contributed by atoms with E-state index in [1.807, 2.05) is 81.4 Å². The lowest BCUT2D eigenvalue weighted by atomic mass is 10.0. The fraction of sp³-hybridized carbons (Fsp3) is 0.310. The molecule has 0 saturated heterocycles. The van der Waals surface area contributed by atoms with Crippen LogP contribution in [0.2, 0.25) is 10.0 Å². The van der Waals surface area contributed by atoms with Crippen molar-refractivity contribution in [2.24, 2.45) is 0 Å². The molecule has 0 bridgehead atoms. The Labute approximate surface area is 228 Å². The molecule has 0 aromatic heterocycles. The van der Waals surface area contributed by atoms with Crippen LogP contribution >= 0.6 is 35.0 Å². The van der Waals surface area contributed by atoms with Crippen molar-refractivity contribution in [3.8, 4) is 0 Å². The topological polar surface area (TPSA) is 49.4 Å². The van der Waals surface area contributed by atoms with Gasteiger partial charge in [-0.15, -0.1) is 11.8 Å². The minimum atomic E-state index is -0.679. The molecular weight excluding hydrogens is 511 g/mol. The highest BCUT2D eigenvalue weighted by Gasteiger charge is 2.31. The summed E-state index contributed by atoms with van der Waals surface area (Å²) in [7, 11) is 0. The monoisotopic (exact) mass is 542 g/mol. The highest BCUT2D eigenvalue weighted by molar-refractivity contribution is 8.00. The van der Waals surface area contributed by atoms with Gasteiger partial charge in [0.15, 0.2) is 0 Å². The average molecular weight is 544 g/mol. The Balaban J connectivity index is 1.92. The number of carbonyl (C=O) groups is 2.